The monoisotopic (exact) mass is 185 g/mol. The zero-order chi connectivity index (χ0) is 10.3. The number of hydrogen-bond donors (Lipinski definition) is 2. The van der Waals surface area contributed by atoms with Crippen molar-refractivity contribution in [3.63, 3.8) is 0 Å². The molecule has 1 unspecified atom stereocenters. The highest BCUT2D eigenvalue weighted by atomic mass is 16.3. The van der Waals surface area contributed by atoms with E-state index in [-0.39, 0.29) is 12.5 Å². The largest absolute Gasteiger partial charge is 0.394 e. The van der Waals surface area contributed by atoms with Crippen LogP contribution in [0.3, 0.4) is 0 Å². The summed E-state index contributed by atoms with van der Waals surface area (Å²) in [5, 5.41) is 11.8. The number of hydrogen-bond acceptors (Lipinski definition) is 2. The van der Waals surface area contributed by atoms with Crippen LogP contribution in [0.15, 0.2) is 12.7 Å². The summed E-state index contributed by atoms with van der Waals surface area (Å²) in [6, 6.07) is 0. The van der Waals surface area contributed by atoms with Gasteiger partial charge < -0.3 is 10.4 Å². The van der Waals surface area contributed by atoms with E-state index in [1.54, 1.807) is 6.08 Å². The zero-order valence-electron chi connectivity index (χ0n) is 8.47. The highest BCUT2D eigenvalue weighted by molar-refractivity contribution is 5.76. The van der Waals surface area contributed by atoms with Gasteiger partial charge in [0.25, 0.3) is 0 Å². The molecule has 0 saturated heterocycles. The molecule has 0 saturated carbocycles. The molecule has 0 aromatic carbocycles. The maximum Gasteiger partial charge on any atom is 0.220 e. The lowest BCUT2D eigenvalue weighted by Crippen LogP contribution is -2.48. The van der Waals surface area contributed by atoms with Gasteiger partial charge >= 0.3 is 0 Å². The predicted octanol–water partition coefficient (Wildman–Crippen LogP) is 1.23. The minimum Gasteiger partial charge on any atom is -0.394 e. The highest BCUT2D eigenvalue weighted by Crippen LogP contribution is 2.08. The van der Waals surface area contributed by atoms with Gasteiger partial charge in [0.05, 0.1) is 12.1 Å². The van der Waals surface area contributed by atoms with Crippen LogP contribution in [0.25, 0.3) is 0 Å². The topological polar surface area (TPSA) is 49.3 Å². The Morgan fingerprint density at radius 1 is 1.69 bits per heavy atom. The Morgan fingerprint density at radius 2 is 2.31 bits per heavy atom. The normalized spacial score (nSPS) is 14.7. The number of carbonyl (C=O) groups excluding carboxylic acids is 1. The van der Waals surface area contributed by atoms with E-state index in [0.717, 1.165) is 6.42 Å². The molecule has 0 aliphatic carbocycles. The number of nitrogens with one attached hydrogen (secondary N) is 1. The average Bonchev–Trinajstić information content (AvgIpc) is 2.14. The standard InChI is InChI=1S/C10H19NO2/c1-4-6-7-9(13)11-10(3,5-2)8-12/h4,12H,1,5-8H2,2-3H3,(H,11,13). The smallest absolute Gasteiger partial charge is 0.220 e. The summed E-state index contributed by atoms with van der Waals surface area (Å²) in [7, 11) is 0. The van der Waals surface area contributed by atoms with Crippen LogP contribution in [0.2, 0.25) is 0 Å². The number of carbonyl (C=O) groups is 1. The molecule has 0 fully saturated rings. The van der Waals surface area contributed by atoms with Crippen molar-refractivity contribution in [1.82, 2.24) is 5.32 Å². The molecule has 0 bridgehead atoms. The first-order chi connectivity index (χ1) is 6.08. The number of rotatable bonds is 6. The fourth-order valence-corrected chi connectivity index (χ4v) is 0.872. The number of amides is 1. The van der Waals surface area contributed by atoms with Crippen LogP contribution < -0.4 is 5.32 Å². The van der Waals surface area contributed by atoms with Crippen molar-refractivity contribution in [3.8, 4) is 0 Å². The Morgan fingerprint density at radius 3 is 2.69 bits per heavy atom. The van der Waals surface area contributed by atoms with Crippen molar-refractivity contribution in [2.45, 2.75) is 38.6 Å². The molecule has 2 N–H and O–H groups in total. The van der Waals surface area contributed by atoms with E-state index in [2.05, 4.69) is 11.9 Å². The Bertz CT molecular complexity index is 174. The van der Waals surface area contributed by atoms with Gasteiger partial charge in [0.15, 0.2) is 0 Å². The minimum atomic E-state index is -0.474. The molecule has 1 atom stereocenters. The summed E-state index contributed by atoms with van der Waals surface area (Å²) in [4.78, 5) is 11.3. The Balaban J connectivity index is 3.93. The van der Waals surface area contributed by atoms with Crippen molar-refractivity contribution in [3.05, 3.63) is 12.7 Å². The zero-order valence-corrected chi connectivity index (χ0v) is 8.47. The molecule has 0 aromatic rings. The van der Waals surface area contributed by atoms with Gasteiger partial charge in [0.1, 0.15) is 0 Å². The van der Waals surface area contributed by atoms with E-state index in [1.807, 2.05) is 13.8 Å². The molecule has 0 aromatic heterocycles. The molecule has 3 heteroatoms. The first-order valence-electron chi connectivity index (χ1n) is 4.60. The van der Waals surface area contributed by atoms with Crippen LogP contribution in [-0.4, -0.2) is 23.2 Å². The van der Waals surface area contributed by atoms with E-state index in [9.17, 15) is 4.79 Å². The predicted molar refractivity (Wildman–Crippen MR) is 53.4 cm³/mol. The Hall–Kier alpha value is -0.830. The third-order valence-corrected chi connectivity index (χ3v) is 2.15. The lowest BCUT2D eigenvalue weighted by atomic mass is 10.00. The molecular weight excluding hydrogens is 166 g/mol. The fourth-order valence-electron chi connectivity index (χ4n) is 0.872. The van der Waals surface area contributed by atoms with E-state index < -0.39 is 5.54 Å². The molecule has 0 aliphatic rings. The van der Waals surface area contributed by atoms with Gasteiger partial charge in [-0.3, -0.25) is 4.79 Å². The average molecular weight is 185 g/mol. The van der Waals surface area contributed by atoms with Crippen molar-refractivity contribution in [2.75, 3.05) is 6.61 Å². The first-order valence-corrected chi connectivity index (χ1v) is 4.60. The van der Waals surface area contributed by atoms with Crippen LogP contribution in [0.1, 0.15) is 33.1 Å². The van der Waals surface area contributed by atoms with E-state index in [1.165, 1.54) is 0 Å². The summed E-state index contributed by atoms with van der Waals surface area (Å²) in [5.74, 6) is -0.0294. The van der Waals surface area contributed by atoms with E-state index >= 15 is 0 Å². The SMILES string of the molecule is C=CCCC(=O)NC(C)(CC)CO. The second-order valence-electron chi connectivity index (χ2n) is 3.45. The maximum atomic E-state index is 11.3. The molecular formula is C10H19NO2. The molecule has 0 radical (unpaired) electrons. The second kappa shape index (κ2) is 5.75. The first kappa shape index (κ1) is 12.2. The van der Waals surface area contributed by atoms with Gasteiger partial charge in [0.2, 0.25) is 5.91 Å². The summed E-state index contributed by atoms with van der Waals surface area (Å²) in [6.07, 6.45) is 3.56. The molecule has 0 spiro atoms. The van der Waals surface area contributed by atoms with Crippen LogP contribution >= 0.6 is 0 Å². The molecule has 1 amide bonds. The third-order valence-electron chi connectivity index (χ3n) is 2.15. The number of aliphatic hydroxyl groups excluding tert-OH is 1. The summed E-state index contributed by atoms with van der Waals surface area (Å²) >= 11 is 0. The van der Waals surface area contributed by atoms with Crippen molar-refractivity contribution < 1.29 is 9.90 Å². The highest BCUT2D eigenvalue weighted by Gasteiger charge is 2.22. The van der Waals surface area contributed by atoms with Crippen molar-refractivity contribution >= 4 is 5.91 Å². The third kappa shape index (κ3) is 4.68. The van der Waals surface area contributed by atoms with E-state index in [0.29, 0.717) is 12.8 Å². The number of aliphatic hydroxyl groups is 1. The lowest BCUT2D eigenvalue weighted by molar-refractivity contribution is -0.123. The van der Waals surface area contributed by atoms with Gasteiger partial charge in [-0.1, -0.05) is 13.0 Å². The summed E-state index contributed by atoms with van der Waals surface area (Å²) < 4.78 is 0. The number of allylic oxidation sites excluding steroid dienone is 1. The van der Waals surface area contributed by atoms with Crippen LogP contribution in [-0.2, 0) is 4.79 Å². The Kier molecular flexibility index (Phi) is 5.39. The minimum absolute atomic E-state index is 0.0245. The van der Waals surface area contributed by atoms with Crippen LogP contribution in [0, 0.1) is 0 Å². The van der Waals surface area contributed by atoms with Gasteiger partial charge in [-0.15, -0.1) is 6.58 Å². The molecule has 0 heterocycles. The van der Waals surface area contributed by atoms with Crippen LogP contribution in [0.4, 0.5) is 0 Å². The Labute approximate surface area is 79.8 Å². The van der Waals surface area contributed by atoms with Crippen LogP contribution in [0.5, 0.6) is 0 Å². The van der Waals surface area contributed by atoms with E-state index in [4.69, 9.17) is 5.11 Å². The second-order valence-corrected chi connectivity index (χ2v) is 3.45. The van der Waals surface area contributed by atoms with Crippen molar-refractivity contribution in [2.24, 2.45) is 0 Å². The maximum absolute atomic E-state index is 11.3. The molecule has 3 nitrogen and oxygen atoms in total. The molecule has 0 aliphatic heterocycles. The quantitative estimate of drug-likeness (QED) is 0.611. The van der Waals surface area contributed by atoms with Crippen molar-refractivity contribution in [1.29, 1.82) is 0 Å². The lowest BCUT2D eigenvalue weighted by Gasteiger charge is -2.27. The fraction of sp³-hybridized carbons (Fsp3) is 0.700. The molecule has 0 rings (SSSR count). The summed E-state index contributed by atoms with van der Waals surface area (Å²) in [6.45, 7) is 7.28. The van der Waals surface area contributed by atoms with Gasteiger partial charge in [-0.05, 0) is 19.8 Å². The molecule has 76 valence electrons. The van der Waals surface area contributed by atoms with Gasteiger partial charge in [0, 0.05) is 6.42 Å². The van der Waals surface area contributed by atoms with Gasteiger partial charge in [-0.2, -0.15) is 0 Å². The van der Waals surface area contributed by atoms with Gasteiger partial charge in [-0.25, -0.2) is 0 Å². The summed E-state index contributed by atoms with van der Waals surface area (Å²) in [5.41, 5.74) is -0.474. The molecule has 13 heavy (non-hydrogen) atoms.